The number of ether oxygens (including phenoxy) is 2. The molecular formula is C6H11O3. The molecule has 0 bridgehead atoms. The van der Waals surface area contributed by atoms with Gasteiger partial charge in [0.2, 0.25) is 0 Å². The van der Waals surface area contributed by atoms with E-state index in [1.54, 1.807) is 13.8 Å². The van der Waals surface area contributed by atoms with Gasteiger partial charge >= 0.3 is 5.97 Å². The Morgan fingerprint density at radius 2 is 2.00 bits per heavy atom. The molecule has 0 heterocycles. The summed E-state index contributed by atoms with van der Waals surface area (Å²) >= 11 is 0. The number of esters is 1. The van der Waals surface area contributed by atoms with Gasteiger partial charge in [-0.1, -0.05) is 0 Å². The third-order valence-corrected chi connectivity index (χ3v) is 1.13. The summed E-state index contributed by atoms with van der Waals surface area (Å²) < 4.78 is 8.97. The maximum Gasteiger partial charge on any atom is 0.337 e. The van der Waals surface area contributed by atoms with E-state index in [-0.39, 0.29) is 0 Å². The van der Waals surface area contributed by atoms with Crippen molar-refractivity contribution in [2.24, 2.45) is 0 Å². The van der Waals surface area contributed by atoms with Crippen molar-refractivity contribution in [3.63, 3.8) is 0 Å². The fourth-order valence-corrected chi connectivity index (χ4v) is 0.257. The van der Waals surface area contributed by atoms with Gasteiger partial charge < -0.3 is 9.47 Å². The van der Waals surface area contributed by atoms with Gasteiger partial charge in [0.05, 0.1) is 0 Å². The molecule has 3 heteroatoms. The summed E-state index contributed by atoms with van der Waals surface area (Å²) in [6.45, 7) is 3.22. The van der Waals surface area contributed by atoms with E-state index in [1.165, 1.54) is 7.11 Å². The summed E-state index contributed by atoms with van der Waals surface area (Å²) in [6.07, 6.45) is 0. The maximum absolute atomic E-state index is 10.7. The molecule has 0 fully saturated rings. The predicted molar refractivity (Wildman–Crippen MR) is 32.5 cm³/mol. The molecule has 3 nitrogen and oxygen atoms in total. The van der Waals surface area contributed by atoms with Gasteiger partial charge in [-0.15, -0.1) is 0 Å². The van der Waals surface area contributed by atoms with Crippen molar-refractivity contribution in [1.29, 1.82) is 0 Å². The number of methoxy groups -OCH3 is 1. The highest BCUT2D eigenvalue weighted by atomic mass is 16.6. The lowest BCUT2D eigenvalue weighted by molar-refractivity contribution is -0.159. The summed E-state index contributed by atoms with van der Waals surface area (Å²) in [5, 5.41) is 0. The standard InChI is InChI=1S/C6H11O3/c1-6(2,9-4)5(7)8-3/h3H2,1-2,4H3. The third kappa shape index (κ3) is 2.01. The molecule has 9 heavy (non-hydrogen) atoms. The molecular weight excluding hydrogens is 120 g/mol. The molecule has 0 saturated carbocycles. The van der Waals surface area contributed by atoms with Crippen LogP contribution in [-0.2, 0) is 14.3 Å². The SMILES string of the molecule is [CH2]OC(=O)C(C)(C)OC. The van der Waals surface area contributed by atoms with Crippen LogP contribution in [0, 0.1) is 7.11 Å². The van der Waals surface area contributed by atoms with E-state index in [1.807, 2.05) is 0 Å². The van der Waals surface area contributed by atoms with Gasteiger partial charge in [0.25, 0.3) is 0 Å². The Bertz CT molecular complexity index is 107. The van der Waals surface area contributed by atoms with Crippen molar-refractivity contribution in [3.8, 4) is 0 Å². The van der Waals surface area contributed by atoms with E-state index in [0.717, 1.165) is 0 Å². The van der Waals surface area contributed by atoms with Gasteiger partial charge in [0, 0.05) is 7.11 Å². The molecule has 53 valence electrons. The monoisotopic (exact) mass is 131 g/mol. The molecule has 1 radical (unpaired) electrons. The Labute approximate surface area is 55.0 Å². The van der Waals surface area contributed by atoms with E-state index in [9.17, 15) is 4.79 Å². The lowest BCUT2D eigenvalue weighted by Gasteiger charge is -2.18. The molecule has 0 saturated heterocycles. The Kier molecular flexibility index (Phi) is 2.65. The number of carbonyl (C=O) groups is 1. The summed E-state index contributed by atoms with van der Waals surface area (Å²) in [6, 6.07) is 0. The van der Waals surface area contributed by atoms with Crippen LogP contribution in [0.15, 0.2) is 0 Å². The predicted octanol–water partition coefficient (Wildman–Crippen LogP) is 0.746. The first-order valence-electron chi connectivity index (χ1n) is 2.56. The number of hydrogen-bond acceptors (Lipinski definition) is 3. The minimum absolute atomic E-state index is 0.468. The topological polar surface area (TPSA) is 35.5 Å². The molecule has 0 unspecified atom stereocenters. The molecule has 0 aliphatic rings. The van der Waals surface area contributed by atoms with Crippen LogP contribution < -0.4 is 0 Å². The molecule has 0 aromatic heterocycles. The van der Waals surface area contributed by atoms with E-state index in [2.05, 4.69) is 11.8 Å². The fourth-order valence-electron chi connectivity index (χ4n) is 0.257. The molecule has 0 aromatic carbocycles. The van der Waals surface area contributed by atoms with Crippen molar-refractivity contribution in [2.45, 2.75) is 19.4 Å². The van der Waals surface area contributed by atoms with Crippen molar-refractivity contribution < 1.29 is 14.3 Å². The maximum atomic E-state index is 10.7. The van der Waals surface area contributed by atoms with Gasteiger partial charge in [0.1, 0.15) is 7.11 Å². The highest BCUT2D eigenvalue weighted by Gasteiger charge is 2.27. The van der Waals surface area contributed by atoms with Crippen LogP contribution in [0.4, 0.5) is 0 Å². The normalized spacial score (nSPS) is 11.1. The van der Waals surface area contributed by atoms with E-state index >= 15 is 0 Å². The quantitative estimate of drug-likeness (QED) is 0.519. The molecule has 0 rings (SSSR count). The summed E-state index contributed by atoms with van der Waals surface area (Å²) in [4.78, 5) is 10.7. The zero-order valence-electron chi connectivity index (χ0n) is 5.93. The average Bonchev–Trinajstić information content (AvgIpc) is 1.86. The molecule has 0 atom stereocenters. The van der Waals surface area contributed by atoms with Crippen LogP contribution in [0.3, 0.4) is 0 Å². The Hall–Kier alpha value is -0.570. The van der Waals surface area contributed by atoms with E-state index in [0.29, 0.717) is 0 Å². The second-order valence-electron chi connectivity index (χ2n) is 2.15. The smallest absolute Gasteiger partial charge is 0.337 e. The average molecular weight is 131 g/mol. The van der Waals surface area contributed by atoms with E-state index < -0.39 is 11.6 Å². The molecule has 0 aliphatic heterocycles. The highest BCUT2D eigenvalue weighted by molar-refractivity contribution is 5.78. The first-order chi connectivity index (χ1) is 4.04. The molecule has 0 N–H and O–H groups in total. The first-order valence-corrected chi connectivity index (χ1v) is 2.56. The second-order valence-corrected chi connectivity index (χ2v) is 2.15. The van der Waals surface area contributed by atoms with Gasteiger partial charge in [-0.05, 0) is 13.8 Å². The van der Waals surface area contributed by atoms with E-state index in [4.69, 9.17) is 4.74 Å². The van der Waals surface area contributed by atoms with Gasteiger partial charge in [-0.3, -0.25) is 0 Å². The summed E-state index contributed by atoms with van der Waals surface area (Å²) in [5.41, 5.74) is -0.873. The minimum atomic E-state index is -0.873. The van der Waals surface area contributed by atoms with Gasteiger partial charge in [-0.2, -0.15) is 0 Å². The first kappa shape index (κ1) is 8.43. The third-order valence-electron chi connectivity index (χ3n) is 1.13. The van der Waals surface area contributed by atoms with Crippen LogP contribution in [0.25, 0.3) is 0 Å². The van der Waals surface area contributed by atoms with Crippen LogP contribution >= 0.6 is 0 Å². The molecule has 0 amide bonds. The number of hydrogen-bond donors (Lipinski definition) is 0. The van der Waals surface area contributed by atoms with Crippen molar-refractivity contribution >= 4 is 5.97 Å². The van der Waals surface area contributed by atoms with Crippen LogP contribution in [0.1, 0.15) is 13.8 Å². The Morgan fingerprint density at radius 3 is 2.11 bits per heavy atom. The molecule has 0 spiro atoms. The van der Waals surface area contributed by atoms with Crippen LogP contribution in [0.5, 0.6) is 0 Å². The van der Waals surface area contributed by atoms with Gasteiger partial charge in [0.15, 0.2) is 5.60 Å². The molecule has 0 aliphatic carbocycles. The van der Waals surface area contributed by atoms with Crippen LogP contribution in [-0.4, -0.2) is 18.7 Å². The van der Waals surface area contributed by atoms with Crippen molar-refractivity contribution in [3.05, 3.63) is 7.11 Å². The molecule has 0 aromatic rings. The Balaban J connectivity index is 3.97. The van der Waals surface area contributed by atoms with Crippen molar-refractivity contribution in [1.82, 2.24) is 0 Å². The summed E-state index contributed by atoms with van der Waals surface area (Å²) in [7, 11) is 4.41. The highest BCUT2D eigenvalue weighted by Crippen LogP contribution is 2.08. The largest absolute Gasteiger partial charge is 0.460 e. The lowest BCUT2D eigenvalue weighted by atomic mass is 10.1. The Morgan fingerprint density at radius 1 is 1.56 bits per heavy atom. The zero-order chi connectivity index (χ0) is 7.49. The second kappa shape index (κ2) is 2.82. The minimum Gasteiger partial charge on any atom is -0.460 e. The number of carbonyl (C=O) groups excluding carboxylic acids is 1. The number of rotatable bonds is 2. The van der Waals surface area contributed by atoms with Crippen molar-refractivity contribution in [2.75, 3.05) is 7.11 Å². The summed E-state index contributed by atoms with van der Waals surface area (Å²) in [5.74, 6) is -0.468. The lowest BCUT2D eigenvalue weighted by Crippen LogP contribution is -2.34. The van der Waals surface area contributed by atoms with Crippen LogP contribution in [0.2, 0.25) is 0 Å². The fraction of sp³-hybridized carbons (Fsp3) is 0.667. The zero-order valence-corrected chi connectivity index (χ0v) is 5.93. The van der Waals surface area contributed by atoms with Gasteiger partial charge in [-0.25, -0.2) is 4.79 Å².